The summed E-state index contributed by atoms with van der Waals surface area (Å²) in [6.45, 7) is 0. The second kappa shape index (κ2) is 8.56. The molecule has 158 valence electrons. The Hall–Kier alpha value is -3.36. The summed E-state index contributed by atoms with van der Waals surface area (Å²) in [6, 6.07) is 6.39. The number of carbonyl (C=O) groups excluding carboxylic acids is 1. The zero-order valence-corrected chi connectivity index (χ0v) is 17.1. The highest BCUT2D eigenvalue weighted by Crippen LogP contribution is 2.42. The minimum Gasteiger partial charge on any atom is -0.496 e. The summed E-state index contributed by atoms with van der Waals surface area (Å²) in [5, 5.41) is 4.19. The lowest BCUT2D eigenvalue weighted by atomic mass is 10.1. The summed E-state index contributed by atoms with van der Waals surface area (Å²) in [7, 11) is 4.40. The highest BCUT2D eigenvalue weighted by atomic mass is 16.7. The van der Waals surface area contributed by atoms with Crippen molar-refractivity contribution in [3.05, 3.63) is 29.8 Å². The van der Waals surface area contributed by atoms with Crippen LogP contribution in [0, 0.1) is 11.8 Å². The van der Waals surface area contributed by atoms with Crippen LogP contribution in [0.2, 0.25) is 0 Å². The van der Waals surface area contributed by atoms with E-state index < -0.39 is 5.97 Å². The zero-order valence-electron chi connectivity index (χ0n) is 17.1. The fraction of sp³-hybridized carbons (Fsp3) is 0.429. The van der Waals surface area contributed by atoms with Crippen LogP contribution in [0.3, 0.4) is 0 Å². The van der Waals surface area contributed by atoms with Gasteiger partial charge in [-0.05, 0) is 37.8 Å². The van der Waals surface area contributed by atoms with Crippen molar-refractivity contribution >= 4 is 11.7 Å². The van der Waals surface area contributed by atoms with Gasteiger partial charge in [0.2, 0.25) is 11.8 Å². The average Bonchev–Trinajstić information content (AvgIpc) is 3.67. The third-order valence-corrected chi connectivity index (χ3v) is 4.92. The van der Waals surface area contributed by atoms with E-state index in [1.807, 2.05) is 0 Å². The topological polar surface area (TPSA) is 101 Å². The lowest BCUT2D eigenvalue weighted by Crippen LogP contribution is -2.11. The lowest BCUT2D eigenvalue weighted by Gasteiger charge is -2.13. The van der Waals surface area contributed by atoms with Gasteiger partial charge in [-0.3, -0.25) is 0 Å². The van der Waals surface area contributed by atoms with Crippen molar-refractivity contribution in [3.8, 4) is 29.3 Å². The molecule has 0 radical (unpaired) electrons. The van der Waals surface area contributed by atoms with Crippen molar-refractivity contribution in [2.24, 2.45) is 17.0 Å². The number of benzene rings is 1. The van der Waals surface area contributed by atoms with Crippen LogP contribution in [0.4, 0.5) is 0 Å². The predicted molar refractivity (Wildman–Crippen MR) is 107 cm³/mol. The molecule has 30 heavy (non-hydrogen) atoms. The third-order valence-electron chi connectivity index (χ3n) is 4.92. The van der Waals surface area contributed by atoms with Gasteiger partial charge in [0.05, 0.1) is 33.1 Å². The summed E-state index contributed by atoms with van der Waals surface area (Å²) in [5.74, 6) is 1.19. The molecule has 2 aliphatic rings. The fourth-order valence-corrected chi connectivity index (χ4v) is 3.08. The summed E-state index contributed by atoms with van der Waals surface area (Å²) in [6.07, 6.45) is 4.41. The Balaban J connectivity index is 1.61. The molecule has 0 bridgehead atoms. The third kappa shape index (κ3) is 4.45. The van der Waals surface area contributed by atoms with Crippen molar-refractivity contribution in [2.45, 2.75) is 25.7 Å². The van der Waals surface area contributed by atoms with E-state index in [2.05, 4.69) is 15.1 Å². The van der Waals surface area contributed by atoms with E-state index in [1.54, 1.807) is 18.2 Å². The molecule has 2 aromatic rings. The number of carbonyl (C=O) groups is 1. The van der Waals surface area contributed by atoms with Gasteiger partial charge in [0, 0.05) is 11.8 Å². The molecule has 0 spiro atoms. The number of hydrogen-bond donors (Lipinski definition) is 0. The Kier molecular flexibility index (Phi) is 5.69. The number of aromatic nitrogens is 2. The Morgan fingerprint density at radius 3 is 2.07 bits per heavy atom. The first-order chi connectivity index (χ1) is 14.6. The molecule has 9 heteroatoms. The number of hydrogen-bond acceptors (Lipinski definition) is 9. The molecular weight excluding hydrogens is 390 g/mol. The van der Waals surface area contributed by atoms with E-state index in [9.17, 15) is 4.79 Å². The van der Waals surface area contributed by atoms with Gasteiger partial charge in [-0.2, -0.15) is 9.97 Å². The number of ether oxygens (including phenoxy) is 4. The smallest absolute Gasteiger partial charge is 0.373 e. The summed E-state index contributed by atoms with van der Waals surface area (Å²) in [5.41, 5.74) is 1.08. The number of methoxy groups -OCH3 is 3. The molecule has 2 aliphatic carbocycles. The number of oxime groups is 1. The van der Waals surface area contributed by atoms with Crippen LogP contribution in [-0.2, 0) is 4.84 Å². The Morgan fingerprint density at radius 1 is 0.933 bits per heavy atom. The lowest BCUT2D eigenvalue weighted by molar-refractivity contribution is 0.0506. The van der Waals surface area contributed by atoms with Crippen LogP contribution in [0.25, 0.3) is 0 Å². The van der Waals surface area contributed by atoms with Crippen molar-refractivity contribution in [3.63, 3.8) is 0 Å². The number of nitrogens with zero attached hydrogens (tertiary/aromatic N) is 3. The van der Waals surface area contributed by atoms with Crippen molar-refractivity contribution in [1.29, 1.82) is 0 Å². The highest BCUT2D eigenvalue weighted by molar-refractivity contribution is 5.97. The normalized spacial score (nSPS) is 15.2. The maximum absolute atomic E-state index is 12.9. The second-order valence-electron chi connectivity index (χ2n) is 7.11. The molecule has 0 unspecified atom stereocenters. The molecule has 0 aliphatic heterocycles. The second-order valence-corrected chi connectivity index (χ2v) is 7.11. The first-order valence-corrected chi connectivity index (χ1v) is 9.74. The maximum Gasteiger partial charge on any atom is 0.373 e. The van der Waals surface area contributed by atoms with Crippen LogP contribution >= 0.6 is 0 Å². The first-order valence-electron chi connectivity index (χ1n) is 9.74. The van der Waals surface area contributed by atoms with Crippen LogP contribution < -0.4 is 18.9 Å². The molecule has 1 aromatic carbocycles. The Bertz CT molecular complexity index is 933. The highest BCUT2D eigenvalue weighted by Gasteiger charge is 2.39. The Labute approximate surface area is 174 Å². The molecule has 0 N–H and O–H groups in total. The summed E-state index contributed by atoms with van der Waals surface area (Å²) >= 11 is 0. The van der Waals surface area contributed by atoms with Gasteiger partial charge in [-0.15, -0.1) is 0 Å². The molecule has 2 saturated carbocycles. The van der Waals surface area contributed by atoms with Crippen LogP contribution in [0.15, 0.2) is 29.4 Å². The van der Waals surface area contributed by atoms with Crippen molar-refractivity contribution in [2.75, 3.05) is 21.3 Å². The van der Waals surface area contributed by atoms with Gasteiger partial charge in [0.1, 0.15) is 17.1 Å². The van der Waals surface area contributed by atoms with Crippen LogP contribution in [0.1, 0.15) is 36.0 Å². The summed E-state index contributed by atoms with van der Waals surface area (Å²) in [4.78, 5) is 26.5. The monoisotopic (exact) mass is 413 g/mol. The molecule has 2 fully saturated rings. The largest absolute Gasteiger partial charge is 0.496 e. The minimum absolute atomic E-state index is 0.0475. The quantitative estimate of drug-likeness (QED) is 0.349. The zero-order chi connectivity index (χ0) is 21.1. The van der Waals surface area contributed by atoms with E-state index >= 15 is 0 Å². The van der Waals surface area contributed by atoms with E-state index in [4.69, 9.17) is 23.8 Å². The molecule has 1 heterocycles. The van der Waals surface area contributed by atoms with Crippen molar-refractivity contribution in [1.82, 2.24) is 9.97 Å². The molecular formula is C21H23N3O6. The van der Waals surface area contributed by atoms with Crippen LogP contribution in [0.5, 0.6) is 29.3 Å². The molecule has 0 saturated heterocycles. The molecule has 4 rings (SSSR count). The molecule has 0 atom stereocenters. The molecule has 1 aromatic heterocycles. The molecule has 9 nitrogen and oxygen atoms in total. The maximum atomic E-state index is 12.9. The molecule has 0 amide bonds. The van der Waals surface area contributed by atoms with Gasteiger partial charge in [0.15, 0.2) is 0 Å². The average molecular weight is 413 g/mol. The standard InChI is InChI=1S/C21H23N3O6/c1-26-14-5-4-6-15(29-21-22-16(27-2)11-17(23-21)28-3)18(14)20(25)30-24-19(12-7-8-12)13-9-10-13/h4-6,11-13H,7-10H2,1-3H3. The van der Waals surface area contributed by atoms with Gasteiger partial charge in [-0.25, -0.2) is 4.79 Å². The fourth-order valence-electron chi connectivity index (χ4n) is 3.08. The summed E-state index contributed by atoms with van der Waals surface area (Å²) < 4.78 is 21.4. The Morgan fingerprint density at radius 2 is 1.53 bits per heavy atom. The first kappa shape index (κ1) is 19.9. The SMILES string of the molecule is COc1cc(OC)nc(Oc2cccc(OC)c2C(=O)ON=C(C2CC2)C2CC2)n1. The predicted octanol–water partition coefficient (Wildman–Crippen LogP) is 3.63. The van der Waals surface area contributed by atoms with Gasteiger partial charge < -0.3 is 23.8 Å². The van der Waals surface area contributed by atoms with Gasteiger partial charge in [-0.1, -0.05) is 11.2 Å². The van der Waals surface area contributed by atoms with E-state index in [-0.39, 0.29) is 29.1 Å². The number of rotatable bonds is 9. The van der Waals surface area contributed by atoms with E-state index in [0.29, 0.717) is 17.6 Å². The van der Waals surface area contributed by atoms with Crippen molar-refractivity contribution < 1.29 is 28.6 Å². The van der Waals surface area contributed by atoms with Crippen LogP contribution in [-0.4, -0.2) is 43.0 Å². The van der Waals surface area contributed by atoms with Gasteiger partial charge in [0.25, 0.3) is 0 Å². The van der Waals surface area contributed by atoms with Gasteiger partial charge >= 0.3 is 12.0 Å². The van der Waals surface area contributed by atoms with E-state index in [1.165, 1.54) is 27.4 Å². The minimum atomic E-state index is -0.670. The van der Waals surface area contributed by atoms with E-state index in [0.717, 1.165) is 31.4 Å².